The third-order valence-corrected chi connectivity index (χ3v) is 1.92. The average molecular weight is 191 g/mol. The van der Waals surface area contributed by atoms with Crippen molar-refractivity contribution >= 4 is 0 Å². The van der Waals surface area contributed by atoms with Gasteiger partial charge in [-0.3, -0.25) is 4.98 Å². The number of benzene rings is 1. The lowest BCUT2D eigenvalue weighted by Crippen LogP contribution is -1.86. The van der Waals surface area contributed by atoms with Crippen molar-refractivity contribution in [1.82, 2.24) is 4.98 Å². The Hall–Kier alpha value is -1.77. The number of hydrogen-bond acceptors (Lipinski definition) is 1. The summed E-state index contributed by atoms with van der Waals surface area (Å²) < 4.78 is 25.9. The van der Waals surface area contributed by atoms with Gasteiger partial charge in [-0.15, -0.1) is 0 Å². The highest BCUT2D eigenvalue weighted by Crippen LogP contribution is 2.22. The third-order valence-electron chi connectivity index (χ3n) is 1.92. The van der Waals surface area contributed by atoms with E-state index in [0.717, 1.165) is 6.07 Å². The first-order valence-corrected chi connectivity index (χ1v) is 4.13. The van der Waals surface area contributed by atoms with Gasteiger partial charge in [-0.25, -0.2) is 8.78 Å². The largest absolute Gasteiger partial charge is 0.265 e. The van der Waals surface area contributed by atoms with Gasteiger partial charge in [0.15, 0.2) is 0 Å². The van der Waals surface area contributed by atoms with E-state index in [1.54, 1.807) is 24.5 Å². The van der Waals surface area contributed by atoms with Gasteiger partial charge in [0.25, 0.3) is 0 Å². The summed E-state index contributed by atoms with van der Waals surface area (Å²) in [6.07, 6.45) is 3.14. The molecular formula is C11H7F2N. The van der Waals surface area contributed by atoms with Gasteiger partial charge in [-0.1, -0.05) is 0 Å². The predicted molar refractivity (Wildman–Crippen MR) is 49.6 cm³/mol. The van der Waals surface area contributed by atoms with Crippen LogP contribution in [0.5, 0.6) is 0 Å². The molecule has 1 nitrogen and oxygen atoms in total. The summed E-state index contributed by atoms with van der Waals surface area (Å²) in [7, 11) is 0. The summed E-state index contributed by atoms with van der Waals surface area (Å²) in [5.41, 5.74) is 1.08. The molecule has 70 valence electrons. The molecule has 0 aliphatic heterocycles. The normalized spacial score (nSPS) is 10.1. The number of rotatable bonds is 1. The molecule has 0 atom stereocenters. The lowest BCUT2D eigenvalue weighted by molar-refractivity contribution is 0.585. The lowest BCUT2D eigenvalue weighted by Gasteiger charge is -2.02. The lowest BCUT2D eigenvalue weighted by atomic mass is 10.1. The van der Waals surface area contributed by atoms with E-state index in [1.807, 2.05) is 0 Å². The van der Waals surface area contributed by atoms with Crippen molar-refractivity contribution in [2.75, 3.05) is 0 Å². The molecule has 0 spiro atoms. The summed E-state index contributed by atoms with van der Waals surface area (Å²) in [5.74, 6) is -1.13. The monoisotopic (exact) mass is 191 g/mol. The maximum Gasteiger partial charge on any atom is 0.133 e. The summed E-state index contributed by atoms with van der Waals surface area (Å²) >= 11 is 0. The molecule has 1 aromatic carbocycles. The van der Waals surface area contributed by atoms with Crippen molar-refractivity contribution in [2.45, 2.75) is 0 Å². The van der Waals surface area contributed by atoms with Crippen LogP contribution in [0.1, 0.15) is 0 Å². The summed E-state index contributed by atoms with van der Waals surface area (Å²) in [4.78, 5) is 3.82. The minimum atomic E-state index is -0.569. The quantitative estimate of drug-likeness (QED) is 0.675. The second-order valence-corrected chi connectivity index (χ2v) is 2.86. The van der Waals surface area contributed by atoms with Crippen molar-refractivity contribution in [1.29, 1.82) is 0 Å². The van der Waals surface area contributed by atoms with Crippen molar-refractivity contribution < 1.29 is 8.78 Å². The minimum Gasteiger partial charge on any atom is -0.265 e. The zero-order chi connectivity index (χ0) is 9.97. The van der Waals surface area contributed by atoms with E-state index < -0.39 is 11.6 Å². The number of nitrogens with zero attached hydrogens (tertiary/aromatic N) is 1. The molecule has 14 heavy (non-hydrogen) atoms. The van der Waals surface area contributed by atoms with Gasteiger partial charge >= 0.3 is 0 Å². The number of halogens is 2. The Morgan fingerprint density at radius 3 is 2.29 bits per heavy atom. The maximum atomic E-state index is 13.3. The first-order chi connectivity index (χ1) is 6.77. The van der Waals surface area contributed by atoms with Crippen LogP contribution in [0.3, 0.4) is 0 Å². The van der Waals surface area contributed by atoms with Gasteiger partial charge in [-0.05, 0) is 29.8 Å². The SMILES string of the molecule is Fc1ccc(-c2ccncc2)c(F)c1. The van der Waals surface area contributed by atoms with Crippen molar-refractivity contribution in [3.63, 3.8) is 0 Å². The van der Waals surface area contributed by atoms with E-state index >= 15 is 0 Å². The van der Waals surface area contributed by atoms with Crippen molar-refractivity contribution in [3.8, 4) is 11.1 Å². The van der Waals surface area contributed by atoms with Gasteiger partial charge < -0.3 is 0 Å². The molecule has 2 rings (SSSR count). The standard InChI is InChI=1S/C11H7F2N/c12-9-1-2-10(11(13)7-9)8-3-5-14-6-4-8/h1-7H. The van der Waals surface area contributed by atoms with Gasteiger partial charge in [0.2, 0.25) is 0 Å². The Morgan fingerprint density at radius 2 is 1.64 bits per heavy atom. The van der Waals surface area contributed by atoms with E-state index in [2.05, 4.69) is 4.98 Å². The van der Waals surface area contributed by atoms with Crippen LogP contribution in [0.25, 0.3) is 11.1 Å². The third kappa shape index (κ3) is 1.62. The zero-order valence-electron chi connectivity index (χ0n) is 7.24. The predicted octanol–water partition coefficient (Wildman–Crippen LogP) is 3.03. The molecule has 1 heterocycles. The van der Waals surface area contributed by atoms with Gasteiger partial charge in [-0.2, -0.15) is 0 Å². The van der Waals surface area contributed by atoms with Crippen molar-refractivity contribution in [3.05, 3.63) is 54.4 Å². The van der Waals surface area contributed by atoms with E-state index in [0.29, 0.717) is 11.1 Å². The summed E-state index contributed by atoms with van der Waals surface area (Å²) in [6, 6.07) is 6.88. The molecule has 0 saturated carbocycles. The topological polar surface area (TPSA) is 12.9 Å². The second kappa shape index (κ2) is 3.54. The van der Waals surface area contributed by atoms with Gasteiger partial charge in [0, 0.05) is 24.0 Å². The molecule has 1 aromatic heterocycles. The molecule has 0 saturated heterocycles. The van der Waals surface area contributed by atoms with Crippen LogP contribution in [0, 0.1) is 11.6 Å². The van der Waals surface area contributed by atoms with Crippen LogP contribution >= 0.6 is 0 Å². The fraction of sp³-hybridized carbons (Fsp3) is 0. The number of aromatic nitrogens is 1. The molecule has 0 aliphatic carbocycles. The fourth-order valence-electron chi connectivity index (χ4n) is 1.26. The summed E-state index contributed by atoms with van der Waals surface area (Å²) in [5, 5.41) is 0. The smallest absolute Gasteiger partial charge is 0.133 e. The minimum absolute atomic E-state index is 0.383. The molecule has 0 radical (unpaired) electrons. The van der Waals surface area contributed by atoms with Gasteiger partial charge in [0.1, 0.15) is 11.6 Å². The van der Waals surface area contributed by atoms with Crippen LogP contribution in [0.15, 0.2) is 42.7 Å². The van der Waals surface area contributed by atoms with Crippen molar-refractivity contribution in [2.24, 2.45) is 0 Å². The highest BCUT2D eigenvalue weighted by Gasteiger charge is 2.04. The highest BCUT2D eigenvalue weighted by molar-refractivity contribution is 5.63. The number of pyridine rings is 1. The average Bonchev–Trinajstić information content (AvgIpc) is 2.19. The van der Waals surface area contributed by atoms with Crippen LogP contribution in [-0.2, 0) is 0 Å². The number of hydrogen-bond donors (Lipinski definition) is 0. The Balaban J connectivity index is 2.53. The molecule has 3 heteroatoms. The first kappa shape index (κ1) is 8.81. The molecule has 0 N–H and O–H groups in total. The van der Waals surface area contributed by atoms with E-state index in [4.69, 9.17) is 0 Å². The molecule has 0 bridgehead atoms. The highest BCUT2D eigenvalue weighted by atomic mass is 19.1. The zero-order valence-corrected chi connectivity index (χ0v) is 7.24. The fourth-order valence-corrected chi connectivity index (χ4v) is 1.26. The molecule has 0 unspecified atom stereocenters. The summed E-state index contributed by atoms with van der Waals surface area (Å²) in [6.45, 7) is 0. The molecule has 0 fully saturated rings. The molecule has 0 aliphatic rings. The van der Waals surface area contributed by atoms with Crippen LogP contribution < -0.4 is 0 Å². The van der Waals surface area contributed by atoms with Crippen LogP contribution in [0.4, 0.5) is 8.78 Å². The maximum absolute atomic E-state index is 13.3. The van der Waals surface area contributed by atoms with E-state index in [9.17, 15) is 8.78 Å². The Bertz CT molecular complexity index is 440. The molecular weight excluding hydrogens is 184 g/mol. The van der Waals surface area contributed by atoms with Crippen LogP contribution in [-0.4, -0.2) is 4.98 Å². The molecule has 0 amide bonds. The second-order valence-electron chi connectivity index (χ2n) is 2.86. The van der Waals surface area contributed by atoms with Gasteiger partial charge in [0.05, 0.1) is 0 Å². The Kier molecular flexibility index (Phi) is 2.23. The van der Waals surface area contributed by atoms with E-state index in [-0.39, 0.29) is 0 Å². The molecule has 2 aromatic rings. The first-order valence-electron chi connectivity index (χ1n) is 4.13. The van der Waals surface area contributed by atoms with Crippen LogP contribution in [0.2, 0.25) is 0 Å². The Labute approximate surface area is 80.0 Å². The Morgan fingerprint density at radius 1 is 0.929 bits per heavy atom. The van der Waals surface area contributed by atoms with E-state index in [1.165, 1.54) is 12.1 Å².